The third kappa shape index (κ3) is 3.86. The number of hydrogen-bond acceptors (Lipinski definition) is 6. The van der Waals surface area contributed by atoms with Gasteiger partial charge in [-0.15, -0.1) is 0 Å². The largest absolute Gasteiger partial charge is 0.488 e. The second kappa shape index (κ2) is 7.90. The van der Waals surface area contributed by atoms with Crippen LogP contribution in [0.5, 0.6) is 5.75 Å². The Morgan fingerprint density at radius 1 is 1.19 bits per heavy atom. The van der Waals surface area contributed by atoms with Gasteiger partial charge in [0.2, 0.25) is 0 Å². The van der Waals surface area contributed by atoms with Crippen molar-refractivity contribution in [2.45, 2.75) is 19.6 Å². The van der Waals surface area contributed by atoms with E-state index in [1.807, 2.05) is 36.4 Å². The molecule has 0 bridgehead atoms. The van der Waals surface area contributed by atoms with Crippen molar-refractivity contribution in [2.24, 2.45) is 0 Å². The Labute approximate surface area is 159 Å². The fourth-order valence-electron chi connectivity index (χ4n) is 3.27. The first-order valence-electron chi connectivity index (χ1n) is 9.23. The van der Waals surface area contributed by atoms with Crippen molar-refractivity contribution >= 4 is 0 Å². The third-order valence-electron chi connectivity index (χ3n) is 5.01. The SMILES string of the molecule is Cc1ccccc1COc1ccccc1-c1nc(C2CNCCN2C)no1. The first-order chi connectivity index (χ1) is 13.2. The van der Waals surface area contributed by atoms with E-state index in [-0.39, 0.29) is 6.04 Å². The molecule has 140 valence electrons. The highest BCUT2D eigenvalue weighted by Crippen LogP contribution is 2.30. The molecule has 27 heavy (non-hydrogen) atoms. The summed E-state index contributed by atoms with van der Waals surface area (Å²) >= 11 is 0. The molecule has 1 fully saturated rings. The van der Waals surface area contributed by atoms with E-state index >= 15 is 0 Å². The highest BCUT2D eigenvalue weighted by Gasteiger charge is 2.26. The summed E-state index contributed by atoms with van der Waals surface area (Å²) in [6, 6.07) is 16.1. The Hall–Kier alpha value is -2.70. The second-order valence-corrected chi connectivity index (χ2v) is 6.87. The van der Waals surface area contributed by atoms with Crippen LogP contribution in [0.25, 0.3) is 11.5 Å². The summed E-state index contributed by atoms with van der Waals surface area (Å²) in [7, 11) is 2.08. The number of hydrogen-bond donors (Lipinski definition) is 1. The number of piperazine rings is 1. The van der Waals surface area contributed by atoms with Crippen molar-refractivity contribution in [3.8, 4) is 17.2 Å². The molecule has 1 saturated heterocycles. The second-order valence-electron chi connectivity index (χ2n) is 6.87. The number of likely N-dealkylation sites (N-methyl/N-ethyl adjacent to an activating group) is 1. The molecule has 4 rings (SSSR count). The van der Waals surface area contributed by atoms with Gasteiger partial charge >= 0.3 is 0 Å². The van der Waals surface area contributed by atoms with Crippen LogP contribution in [0.4, 0.5) is 0 Å². The molecule has 1 aromatic heterocycles. The lowest BCUT2D eigenvalue weighted by Gasteiger charge is -2.30. The van der Waals surface area contributed by atoms with E-state index < -0.39 is 0 Å². The highest BCUT2D eigenvalue weighted by atomic mass is 16.5. The summed E-state index contributed by atoms with van der Waals surface area (Å²) in [6.45, 7) is 5.35. The first-order valence-corrected chi connectivity index (χ1v) is 9.23. The molecule has 0 saturated carbocycles. The highest BCUT2D eigenvalue weighted by molar-refractivity contribution is 5.62. The quantitative estimate of drug-likeness (QED) is 0.750. The smallest absolute Gasteiger partial charge is 0.261 e. The maximum atomic E-state index is 6.08. The molecule has 6 nitrogen and oxygen atoms in total. The van der Waals surface area contributed by atoms with Gasteiger partial charge in [0.15, 0.2) is 5.82 Å². The van der Waals surface area contributed by atoms with Crippen LogP contribution in [-0.4, -0.2) is 41.7 Å². The van der Waals surface area contributed by atoms with Crippen LogP contribution in [-0.2, 0) is 6.61 Å². The summed E-state index contributed by atoms with van der Waals surface area (Å²) < 4.78 is 11.7. The summed E-state index contributed by atoms with van der Waals surface area (Å²) in [5.41, 5.74) is 3.19. The molecule has 6 heteroatoms. The molecule has 0 aliphatic carbocycles. The minimum atomic E-state index is 0.122. The topological polar surface area (TPSA) is 63.4 Å². The van der Waals surface area contributed by atoms with E-state index in [0.29, 0.717) is 18.3 Å². The average molecular weight is 364 g/mol. The van der Waals surface area contributed by atoms with Crippen molar-refractivity contribution in [1.29, 1.82) is 0 Å². The number of aryl methyl sites for hydroxylation is 1. The van der Waals surface area contributed by atoms with Gasteiger partial charge in [0.1, 0.15) is 12.4 Å². The number of nitrogens with zero attached hydrogens (tertiary/aromatic N) is 3. The minimum Gasteiger partial charge on any atom is -0.488 e. The molecule has 2 heterocycles. The van der Waals surface area contributed by atoms with Crippen LogP contribution in [0.1, 0.15) is 23.0 Å². The number of aromatic nitrogens is 2. The molecule has 2 aromatic carbocycles. The monoisotopic (exact) mass is 364 g/mol. The number of rotatable bonds is 5. The van der Waals surface area contributed by atoms with Crippen LogP contribution in [0, 0.1) is 6.92 Å². The van der Waals surface area contributed by atoms with E-state index in [0.717, 1.165) is 36.5 Å². The van der Waals surface area contributed by atoms with Crippen molar-refractivity contribution in [3.05, 3.63) is 65.5 Å². The van der Waals surface area contributed by atoms with Crippen LogP contribution in [0.3, 0.4) is 0 Å². The van der Waals surface area contributed by atoms with Gasteiger partial charge in [-0.25, -0.2) is 0 Å². The van der Waals surface area contributed by atoms with Gasteiger partial charge in [0.05, 0.1) is 11.6 Å². The Balaban J connectivity index is 1.55. The van der Waals surface area contributed by atoms with Gasteiger partial charge in [-0.05, 0) is 37.2 Å². The maximum Gasteiger partial charge on any atom is 0.261 e. The Kier molecular flexibility index (Phi) is 5.18. The van der Waals surface area contributed by atoms with Crippen LogP contribution < -0.4 is 10.1 Å². The molecule has 3 aromatic rings. The Morgan fingerprint density at radius 2 is 2.00 bits per heavy atom. The molecule has 1 atom stereocenters. The number of ether oxygens (including phenoxy) is 1. The average Bonchev–Trinajstić information content (AvgIpc) is 3.18. The molecule has 1 unspecified atom stereocenters. The van der Waals surface area contributed by atoms with Crippen molar-refractivity contribution in [3.63, 3.8) is 0 Å². The lowest BCUT2D eigenvalue weighted by Crippen LogP contribution is -2.44. The summed E-state index contributed by atoms with van der Waals surface area (Å²) in [5, 5.41) is 7.60. The minimum absolute atomic E-state index is 0.122. The van der Waals surface area contributed by atoms with E-state index in [9.17, 15) is 0 Å². The maximum absolute atomic E-state index is 6.08. The van der Waals surface area contributed by atoms with Crippen LogP contribution >= 0.6 is 0 Å². The lowest BCUT2D eigenvalue weighted by molar-refractivity contribution is 0.190. The van der Waals surface area contributed by atoms with Crippen molar-refractivity contribution in [1.82, 2.24) is 20.4 Å². The van der Waals surface area contributed by atoms with E-state index in [4.69, 9.17) is 9.26 Å². The molecule has 1 aliphatic heterocycles. The zero-order chi connectivity index (χ0) is 18.6. The molecular weight excluding hydrogens is 340 g/mol. The van der Waals surface area contributed by atoms with E-state index in [1.165, 1.54) is 5.56 Å². The standard InChI is InChI=1S/C21H24N4O2/c1-15-7-3-4-8-16(15)14-26-19-10-6-5-9-17(19)21-23-20(24-27-21)18-13-22-11-12-25(18)2/h3-10,18,22H,11-14H2,1-2H3. The van der Waals surface area contributed by atoms with Gasteiger partial charge in [0.25, 0.3) is 5.89 Å². The fourth-order valence-corrected chi connectivity index (χ4v) is 3.27. The first kappa shape index (κ1) is 17.7. The van der Waals surface area contributed by atoms with Gasteiger partial charge in [-0.2, -0.15) is 4.98 Å². The van der Waals surface area contributed by atoms with Crippen molar-refractivity contribution in [2.75, 3.05) is 26.7 Å². The summed E-state index contributed by atoms with van der Waals surface area (Å²) in [6.07, 6.45) is 0. The van der Waals surface area contributed by atoms with Gasteiger partial charge in [-0.1, -0.05) is 41.6 Å². The predicted molar refractivity (Wildman–Crippen MR) is 103 cm³/mol. The third-order valence-corrected chi connectivity index (χ3v) is 5.01. The molecule has 1 aliphatic rings. The van der Waals surface area contributed by atoms with E-state index in [1.54, 1.807) is 0 Å². The molecule has 0 radical (unpaired) electrons. The zero-order valence-electron chi connectivity index (χ0n) is 15.7. The van der Waals surface area contributed by atoms with Crippen LogP contribution in [0.2, 0.25) is 0 Å². The fraction of sp³-hybridized carbons (Fsp3) is 0.333. The summed E-state index contributed by atoms with van der Waals surface area (Å²) in [5.74, 6) is 1.93. The number of nitrogens with one attached hydrogen (secondary N) is 1. The molecule has 0 amide bonds. The predicted octanol–water partition coefficient (Wildman–Crippen LogP) is 3.20. The Morgan fingerprint density at radius 3 is 2.85 bits per heavy atom. The lowest BCUT2D eigenvalue weighted by atomic mass is 10.1. The molecule has 1 N–H and O–H groups in total. The van der Waals surface area contributed by atoms with E-state index in [2.05, 4.69) is 46.5 Å². The van der Waals surface area contributed by atoms with Gasteiger partial charge in [-0.3, -0.25) is 4.90 Å². The van der Waals surface area contributed by atoms with Crippen LogP contribution in [0.15, 0.2) is 53.1 Å². The zero-order valence-corrected chi connectivity index (χ0v) is 15.7. The number of benzene rings is 2. The number of para-hydroxylation sites is 1. The molecular formula is C21H24N4O2. The van der Waals surface area contributed by atoms with Gasteiger partial charge < -0.3 is 14.6 Å². The molecule has 0 spiro atoms. The Bertz CT molecular complexity index is 908. The van der Waals surface area contributed by atoms with Crippen molar-refractivity contribution < 1.29 is 9.26 Å². The normalized spacial score (nSPS) is 17.8. The summed E-state index contributed by atoms with van der Waals surface area (Å²) in [4.78, 5) is 6.89. The van der Waals surface area contributed by atoms with Gasteiger partial charge in [0, 0.05) is 19.6 Å².